The van der Waals surface area contributed by atoms with Crippen LogP contribution < -0.4 is 0 Å². The number of rotatable bonds is 2. The number of para-hydroxylation sites is 2. The minimum atomic E-state index is 1.17. The summed E-state index contributed by atoms with van der Waals surface area (Å²) in [7, 11) is 0. The van der Waals surface area contributed by atoms with Crippen LogP contribution in [-0.2, 0) is 0 Å². The normalized spacial score (nSPS) is 12.0. The van der Waals surface area contributed by atoms with Crippen LogP contribution in [-0.4, -0.2) is 9.13 Å². The largest absolute Gasteiger partial charge is 0.309 e. The van der Waals surface area contributed by atoms with Crippen molar-refractivity contribution in [3.05, 3.63) is 146 Å². The van der Waals surface area contributed by atoms with Crippen LogP contribution in [0.3, 0.4) is 0 Å². The topological polar surface area (TPSA) is 9.86 Å². The molecular weight excluding hydrogens is 484 g/mol. The van der Waals surface area contributed by atoms with E-state index in [0.717, 1.165) is 0 Å². The summed E-state index contributed by atoms with van der Waals surface area (Å²) in [4.78, 5) is 0. The van der Waals surface area contributed by atoms with Crippen molar-refractivity contribution in [1.82, 2.24) is 9.13 Å². The van der Waals surface area contributed by atoms with E-state index in [4.69, 9.17) is 0 Å². The zero-order valence-corrected chi connectivity index (χ0v) is 21.8. The first-order valence-electron chi connectivity index (χ1n) is 13.8. The monoisotopic (exact) mass is 508 g/mol. The quantitative estimate of drug-likeness (QED) is 0.220. The first-order chi connectivity index (χ1) is 19.9. The second kappa shape index (κ2) is 8.08. The first-order valence-corrected chi connectivity index (χ1v) is 13.8. The highest BCUT2D eigenvalue weighted by molar-refractivity contribution is 6.27. The maximum absolute atomic E-state index is 2.50. The number of nitrogens with zero attached hydrogens (tertiary/aromatic N) is 2. The van der Waals surface area contributed by atoms with Crippen molar-refractivity contribution >= 4 is 65.2 Å². The molecule has 2 heteroatoms. The van der Waals surface area contributed by atoms with E-state index >= 15 is 0 Å². The van der Waals surface area contributed by atoms with Crippen molar-refractivity contribution < 1.29 is 0 Å². The Morgan fingerprint density at radius 2 is 1.02 bits per heavy atom. The standard InChI is InChI=1S/C38H24N2/c1-2-15-28(16-3-1)39-35-22-21-31-30-18-8-9-19-34(30)40(33-20-10-14-25-11-6-7-17-29(25)33)38(31)37(35)32-23-26-12-4-5-13-27(26)24-36(32)39/h1-24H. The highest BCUT2D eigenvalue weighted by Gasteiger charge is 2.21. The summed E-state index contributed by atoms with van der Waals surface area (Å²) >= 11 is 0. The first kappa shape index (κ1) is 21.6. The van der Waals surface area contributed by atoms with E-state index in [-0.39, 0.29) is 0 Å². The van der Waals surface area contributed by atoms with Crippen LogP contribution in [0.1, 0.15) is 0 Å². The number of hydrogen-bond donors (Lipinski definition) is 0. The third-order valence-electron chi connectivity index (χ3n) is 8.45. The van der Waals surface area contributed by atoms with Gasteiger partial charge in [0.25, 0.3) is 0 Å². The van der Waals surface area contributed by atoms with Crippen LogP contribution in [0.2, 0.25) is 0 Å². The van der Waals surface area contributed by atoms with Gasteiger partial charge in [-0.15, -0.1) is 0 Å². The molecule has 0 aliphatic heterocycles. The number of aromatic nitrogens is 2. The van der Waals surface area contributed by atoms with E-state index < -0.39 is 0 Å². The lowest BCUT2D eigenvalue weighted by Gasteiger charge is -2.12. The van der Waals surface area contributed by atoms with Gasteiger partial charge in [0, 0.05) is 32.6 Å². The summed E-state index contributed by atoms with van der Waals surface area (Å²) < 4.78 is 4.93. The Kier molecular flexibility index (Phi) is 4.36. The third-order valence-corrected chi connectivity index (χ3v) is 8.45. The Balaban J connectivity index is 1.57. The summed E-state index contributed by atoms with van der Waals surface area (Å²) in [5, 5.41) is 10.1. The fourth-order valence-electron chi connectivity index (χ4n) is 6.75. The van der Waals surface area contributed by atoms with Crippen molar-refractivity contribution in [3.63, 3.8) is 0 Å². The summed E-state index contributed by atoms with van der Waals surface area (Å²) in [5.74, 6) is 0. The molecule has 9 rings (SSSR count). The van der Waals surface area contributed by atoms with Gasteiger partial charge in [-0.25, -0.2) is 0 Å². The van der Waals surface area contributed by atoms with E-state index in [1.165, 1.54) is 76.5 Å². The summed E-state index contributed by atoms with van der Waals surface area (Å²) in [6, 6.07) is 53.0. The van der Waals surface area contributed by atoms with Crippen LogP contribution in [0.4, 0.5) is 0 Å². The Bertz CT molecular complexity index is 2420. The van der Waals surface area contributed by atoms with Gasteiger partial charge >= 0.3 is 0 Å². The van der Waals surface area contributed by atoms with Gasteiger partial charge in [0.15, 0.2) is 0 Å². The van der Waals surface area contributed by atoms with Gasteiger partial charge < -0.3 is 9.13 Å². The molecule has 0 aliphatic carbocycles. The average Bonchev–Trinajstić information content (AvgIpc) is 3.52. The molecule has 0 unspecified atom stereocenters. The third kappa shape index (κ3) is 2.88. The Labute approximate surface area is 230 Å². The minimum absolute atomic E-state index is 1.17. The lowest BCUT2D eigenvalue weighted by atomic mass is 10.0. The molecule has 0 bridgehead atoms. The highest BCUT2D eigenvalue weighted by atomic mass is 15.0. The summed E-state index contributed by atoms with van der Waals surface area (Å²) in [6.45, 7) is 0. The molecule has 0 fully saturated rings. The molecule has 186 valence electrons. The van der Waals surface area contributed by atoms with Crippen LogP contribution in [0.25, 0.3) is 76.5 Å². The van der Waals surface area contributed by atoms with Crippen LogP contribution in [0, 0.1) is 0 Å². The number of hydrogen-bond acceptors (Lipinski definition) is 0. The van der Waals surface area contributed by atoms with Gasteiger partial charge in [0.1, 0.15) is 0 Å². The van der Waals surface area contributed by atoms with Gasteiger partial charge in [0.05, 0.1) is 27.8 Å². The van der Waals surface area contributed by atoms with E-state index in [2.05, 4.69) is 155 Å². The fourth-order valence-corrected chi connectivity index (χ4v) is 6.75. The minimum Gasteiger partial charge on any atom is -0.309 e. The molecular formula is C38H24N2. The van der Waals surface area contributed by atoms with Crippen LogP contribution >= 0.6 is 0 Å². The lowest BCUT2D eigenvalue weighted by molar-refractivity contribution is 1.18. The zero-order valence-electron chi connectivity index (χ0n) is 21.8. The van der Waals surface area contributed by atoms with E-state index in [9.17, 15) is 0 Å². The molecule has 40 heavy (non-hydrogen) atoms. The second-order valence-corrected chi connectivity index (χ2v) is 10.6. The van der Waals surface area contributed by atoms with Crippen LogP contribution in [0.5, 0.6) is 0 Å². The highest BCUT2D eigenvalue weighted by Crippen LogP contribution is 2.43. The average molecular weight is 509 g/mol. The molecule has 0 aliphatic rings. The van der Waals surface area contributed by atoms with Gasteiger partial charge in [-0.05, 0) is 58.6 Å². The van der Waals surface area contributed by atoms with Crippen molar-refractivity contribution in [2.75, 3.05) is 0 Å². The van der Waals surface area contributed by atoms with E-state index in [1.54, 1.807) is 0 Å². The fraction of sp³-hybridized carbons (Fsp3) is 0. The van der Waals surface area contributed by atoms with Crippen molar-refractivity contribution in [1.29, 1.82) is 0 Å². The Hall–Kier alpha value is -5.34. The predicted molar refractivity (Wildman–Crippen MR) is 170 cm³/mol. The van der Waals surface area contributed by atoms with E-state index in [0.29, 0.717) is 0 Å². The van der Waals surface area contributed by atoms with Gasteiger partial charge in [0.2, 0.25) is 0 Å². The molecule has 0 radical (unpaired) electrons. The summed E-state index contributed by atoms with van der Waals surface area (Å²) in [5.41, 5.74) is 7.30. The predicted octanol–water partition coefficient (Wildman–Crippen LogP) is 10.2. The number of fused-ring (bicyclic) bond motifs is 9. The van der Waals surface area contributed by atoms with Crippen molar-refractivity contribution in [2.45, 2.75) is 0 Å². The maximum Gasteiger partial charge on any atom is 0.0641 e. The molecule has 2 nitrogen and oxygen atoms in total. The molecule has 0 atom stereocenters. The van der Waals surface area contributed by atoms with Crippen molar-refractivity contribution in [2.24, 2.45) is 0 Å². The molecule has 9 aromatic rings. The molecule has 0 saturated carbocycles. The molecule has 0 N–H and O–H groups in total. The smallest absolute Gasteiger partial charge is 0.0641 e. The molecule has 0 amide bonds. The molecule has 2 aromatic heterocycles. The van der Waals surface area contributed by atoms with E-state index in [1.807, 2.05) is 0 Å². The summed E-state index contributed by atoms with van der Waals surface area (Å²) in [6.07, 6.45) is 0. The molecule has 7 aromatic carbocycles. The SMILES string of the molecule is c1ccc(-n2c3cc4ccccc4cc3c3c2ccc2c4ccccc4n(-c4cccc5ccccc45)c23)cc1. The maximum atomic E-state index is 2.50. The number of benzene rings is 7. The Morgan fingerprint density at radius 3 is 1.88 bits per heavy atom. The van der Waals surface area contributed by atoms with Gasteiger partial charge in [-0.1, -0.05) is 103 Å². The van der Waals surface area contributed by atoms with Crippen LogP contribution in [0.15, 0.2) is 146 Å². The lowest BCUT2D eigenvalue weighted by Crippen LogP contribution is -1.96. The molecule has 2 heterocycles. The second-order valence-electron chi connectivity index (χ2n) is 10.6. The zero-order chi connectivity index (χ0) is 26.2. The van der Waals surface area contributed by atoms with Gasteiger partial charge in [-0.3, -0.25) is 0 Å². The molecule has 0 saturated heterocycles. The van der Waals surface area contributed by atoms with Gasteiger partial charge in [-0.2, -0.15) is 0 Å². The Morgan fingerprint density at radius 1 is 0.350 bits per heavy atom. The van der Waals surface area contributed by atoms with Crippen molar-refractivity contribution in [3.8, 4) is 11.4 Å². The molecule has 0 spiro atoms.